The van der Waals surface area contributed by atoms with E-state index in [1.807, 2.05) is 19.1 Å². The normalized spacial score (nSPS) is 11.2. The van der Waals surface area contributed by atoms with E-state index in [-0.39, 0.29) is 48.9 Å². The van der Waals surface area contributed by atoms with Gasteiger partial charge in [-0.3, -0.25) is 19.2 Å². The summed E-state index contributed by atoms with van der Waals surface area (Å²) in [6.07, 6.45) is -0.700. The Balaban J connectivity index is 1.37. The first-order chi connectivity index (χ1) is 19.2. The number of carbonyl (C=O) groups is 5. The summed E-state index contributed by atoms with van der Waals surface area (Å²) >= 11 is 0. The molecule has 0 bridgehead atoms. The van der Waals surface area contributed by atoms with Gasteiger partial charge in [-0.15, -0.1) is 0 Å². The molecule has 0 fully saturated rings. The summed E-state index contributed by atoms with van der Waals surface area (Å²) in [5.41, 5.74) is 2.57. The van der Waals surface area contributed by atoms with Crippen molar-refractivity contribution in [2.75, 3.05) is 19.0 Å². The summed E-state index contributed by atoms with van der Waals surface area (Å²) in [4.78, 5) is 61.3. The summed E-state index contributed by atoms with van der Waals surface area (Å²) in [7, 11) is 1.52. The summed E-state index contributed by atoms with van der Waals surface area (Å²) in [5, 5.41) is 2.69. The number of rotatable bonds is 13. The molecule has 3 aromatic carbocycles. The average Bonchev–Trinajstić information content (AvgIpc) is 2.96. The average molecular weight is 546 g/mol. The van der Waals surface area contributed by atoms with Crippen molar-refractivity contribution in [2.24, 2.45) is 0 Å². The third-order valence-corrected chi connectivity index (χ3v) is 5.95. The second kappa shape index (κ2) is 14.4. The first kappa shape index (κ1) is 29.8. The molecule has 0 saturated carbocycles. The summed E-state index contributed by atoms with van der Waals surface area (Å²) < 4.78 is 15.4. The van der Waals surface area contributed by atoms with Crippen LogP contribution in [0.25, 0.3) is 0 Å². The number of Topliss-reactive ketones (excluding diaryl/α,β-unsaturated/α-hetero) is 2. The highest BCUT2D eigenvalue weighted by Gasteiger charge is 2.20. The number of esters is 2. The highest BCUT2D eigenvalue weighted by Crippen LogP contribution is 2.15. The van der Waals surface area contributed by atoms with Crippen molar-refractivity contribution in [3.63, 3.8) is 0 Å². The minimum atomic E-state index is -0.958. The number of hydrogen-bond donors (Lipinski definition) is 1. The molecule has 0 saturated heterocycles. The topological polar surface area (TPSA) is 125 Å². The fraction of sp³-hybridized carbons (Fsp3) is 0.258. The van der Waals surface area contributed by atoms with E-state index in [9.17, 15) is 24.0 Å². The van der Waals surface area contributed by atoms with Crippen molar-refractivity contribution in [2.45, 2.75) is 39.2 Å². The number of ketones is 2. The summed E-state index contributed by atoms with van der Waals surface area (Å²) in [6, 6.07) is 19.5. The van der Waals surface area contributed by atoms with Crippen molar-refractivity contribution < 1.29 is 38.2 Å². The molecule has 9 heteroatoms. The van der Waals surface area contributed by atoms with Crippen molar-refractivity contribution in [1.82, 2.24) is 0 Å². The first-order valence-corrected chi connectivity index (χ1v) is 12.7. The van der Waals surface area contributed by atoms with Crippen LogP contribution in [0.5, 0.6) is 5.75 Å². The van der Waals surface area contributed by atoms with Crippen LogP contribution < -0.4 is 10.1 Å². The zero-order chi connectivity index (χ0) is 29.1. The molecule has 3 rings (SSSR count). The Bertz CT molecular complexity index is 1350. The van der Waals surface area contributed by atoms with Gasteiger partial charge in [0.2, 0.25) is 11.7 Å². The van der Waals surface area contributed by atoms with Gasteiger partial charge in [0, 0.05) is 29.7 Å². The molecule has 0 unspecified atom stereocenters. The maximum Gasteiger partial charge on any atom is 0.338 e. The Labute approximate surface area is 232 Å². The number of hydrogen-bond acceptors (Lipinski definition) is 8. The maximum atomic E-state index is 12.4. The van der Waals surface area contributed by atoms with Gasteiger partial charge in [-0.1, -0.05) is 29.8 Å². The molecule has 0 aliphatic rings. The van der Waals surface area contributed by atoms with Crippen molar-refractivity contribution in [3.8, 4) is 5.75 Å². The molecule has 0 aliphatic carbocycles. The van der Waals surface area contributed by atoms with Crippen LogP contribution in [0.4, 0.5) is 5.69 Å². The molecular formula is C31H31NO8. The minimum absolute atomic E-state index is 0.0280. The van der Waals surface area contributed by atoms with Crippen LogP contribution in [0, 0.1) is 6.92 Å². The second-order valence-corrected chi connectivity index (χ2v) is 9.07. The first-order valence-electron chi connectivity index (χ1n) is 12.7. The Morgan fingerprint density at radius 1 is 0.775 bits per heavy atom. The van der Waals surface area contributed by atoms with E-state index in [1.165, 1.54) is 38.3 Å². The highest BCUT2D eigenvalue weighted by molar-refractivity contribution is 6.00. The number of anilines is 1. The lowest BCUT2D eigenvalue weighted by Crippen LogP contribution is -2.24. The highest BCUT2D eigenvalue weighted by atomic mass is 16.5. The smallest absolute Gasteiger partial charge is 0.338 e. The molecule has 0 aromatic heterocycles. The Morgan fingerprint density at radius 2 is 1.38 bits per heavy atom. The van der Waals surface area contributed by atoms with Gasteiger partial charge in [-0.05, 0) is 68.8 Å². The predicted molar refractivity (Wildman–Crippen MR) is 148 cm³/mol. The van der Waals surface area contributed by atoms with Crippen LogP contribution >= 0.6 is 0 Å². The molecule has 40 heavy (non-hydrogen) atoms. The molecule has 0 aliphatic heterocycles. The molecular weight excluding hydrogens is 514 g/mol. The standard InChI is InChI=1S/C31H31NO8/c1-20-7-9-22(10-8-20)27(33)19-39-31(37)24-11-15-25(16-12-24)32-28(34)5-4-6-29(35)40-21(2)30(36)23-13-17-26(38-3)18-14-23/h7-18,21H,4-6,19H2,1-3H3,(H,32,34)/t21-/m0/s1. The van der Waals surface area contributed by atoms with Gasteiger partial charge in [0.05, 0.1) is 12.7 Å². The third-order valence-electron chi connectivity index (χ3n) is 5.95. The lowest BCUT2D eigenvalue weighted by atomic mass is 10.1. The monoisotopic (exact) mass is 545 g/mol. The third kappa shape index (κ3) is 8.90. The van der Waals surface area contributed by atoms with Gasteiger partial charge in [-0.25, -0.2) is 4.79 Å². The number of methoxy groups -OCH3 is 1. The Morgan fingerprint density at radius 3 is 2.00 bits per heavy atom. The van der Waals surface area contributed by atoms with Gasteiger partial charge in [0.25, 0.3) is 0 Å². The van der Waals surface area contributed by atoms with E-state index in [1.54, 1.807) is 36.4 Å². The summed E-state index contributed by atoms with van der Waals surface area (Å²) in [6.45, 7) is 3.03. The van der Waals surface area contributed by atoms with Crippen molar-refractivity contribution in [3.05, 3.63) is 95.1 Å². The van der Waals surface area contributed by atoms with E-state index >= 15 is 0 Å². The van der Waals surface area contributed by atoms with Crippen LogP contribution in [0.2, 0.25) is 0 Å². The van der Waals surface area contributed by atoms with Crippen molar-refractivity contribution >= 4 is 35.1 Å². The molecule has 0 spiro atoms. The van der Waals surface area contributed by atoms with Crippen molar-refractivity contribution in [1.29, 1.82) is 0 Å². The molecule has 1 N–H and O–H groups in total. The van der Waals surface area contributed by atoms with Crippen LogP contribution in [0.3, 0.4) is 0 Å². The van der Waals surface area contributed by atoms with Gasteiger partial charge in [0.1, 0.15) is 5.75 Å². The lowest BCUT2D eigenvalue weighted by Gasteiger charge is -2.12. The maximum absolute atomic E-state index is 12.4. The molecule has 1 atom stereocenters. The van der Waals surface area contributed by atoms with Gasteiger partial charge >= 0.3 is 11.9 Å². The molecule has 0 radical (unpaired) electrons. The number of benzene rings is 3. The molecule has 0 heterocycles. The van der Waals surface area contributed by atoms with E-state index in [0.29, 0.717) is 22.6 Å². The van der Waals surface area contributed by atoms with E-state index < -0.39 is 18.0 Å². The van der Waals surface area contributed by atoms with Gasteiger partial charge in [0.15, 0.2) is 18.5 Å². The SMILES string of the molecule is COc1ccc(C(=O)[C@H](C)OC(=O)CCCC(=O)Nc2ccc(C(=O)OCC(=O)c3ccc(C)cc3)cc2)cc1. The molecule has 1 amide bonds. The van der Waals surface area contributed by atoms with E-state index in [4.69, 9.17) is 14.2 Å². The fourth-order valence-corrected chi connectivity index (χ4v) is 3.64. The second-order valence-electron chi connectivity index (χ2n) is 9.07. The largest absolute Gasteiger partial charge is 0.497 e. The van der Waals surface area contributed by atoms with Crippen LogP contribution in [0.1, 0.15) is 62.8 Å². The zero-order valence-corrected chi connectivity index (χ0v) is 22.6. The fourth-order valence-electron chi connectivity index (χ4n) is 3.64. The molecule has 3 aromatic rings. The number of amides is 1. The van der Waals surface area contributed by atoms with Crippen LogP contribution in [-0.4, -0.2) is 49.2 Å². The quantitative estimate of drug-likeness (QED) is 0.236. The van der Waals surface area contributed by atoms with Gasteiger partial charge < -0.3 is 19.5 Å². The number of ether oxygens (including phenoxy) is 3. The lowest BCUT2D eigenvalue weighted by molar-refractivity contribution is -0.146. The Hall–Kier alpha value is -4.79. The van der Waals surface area contributed by atoms with E-state index in [2.05, 4.69) is 5.32 Å². The zero-order valence-electron chi connectivity index (χ0n) is 22.6. The van der Waals surface area contributed by atoms with Crippen LogP contribution in [-0.2, 0) is 19.1 Å². The van der Waals surface area contributed by atoms with Gasteiger partial charge in [-0.2, -0.15) is 0 Å². The Kier molecular flexibility index (Phi) is 10.7. The molecule has 208 valence electrons. The number of aryl methyl sites for hydroxylation is 1. The molecule has 9 nitrogen and oxygen atoms in total. The number of carbonyl (C=O) groups excluding carboxylic acids is 5. The predicted octanol–water partition coefficient (Wildman–Crippen LogP) is 4.97. The van der Waals surface area contributed by atoms with E-state index in [0.717, 1.165) is 5.56 Å². The minimum Gasteiger partial charge on any atom is -0.497 e. The number of nitrogens with one attached hydrogen (secondary N) is 1. The summed E-state index contributed by atoms with van der Waals surface area (Å²) in [5.74, 6) is -1.59. The van der Waals surface area contributed by atoms with Crippen LogP contribution in [0.15, 0.2) is 72.8 Å².